The number of H-pyrrole nitrogens is 1. The summed E-state index contributed by atoms with van der Waals surface area (Å²) < 4.78 is 63.0. The summed E-state index contributed by atoms with van der Waals surface area (Å²) in [5.41, 5.74) is -3.68. The normalized spacial score (nSPS) is 18.8. The summed E-state index contributed by atoms with van der Waals surface area (Å²) in [6.45, 7) is 6.96. The SMILES string of the molecule is Cc1nc2c(C#N)c(C(F)(F)F)c([C@H](C)Nc3ncc(C(=O)N4C[C@@H](C)O[C@@H](C)C4)cc3F)cc2c(=O)[nH]1. The Balaban J connectivity index is 1.70. The van der Waals surface area contributed by atoms with Crippen LogP contribution in [0.15, 0.2) is 23.1 Å². The van der Waals surface area contributed by atoms with E-state index < -0.39 is 52.0 Å². The fourth-order valence-corrected chi connectivity index (χ4v) is 4.64. The first-order valence-corrected chi connectivity index (χ1v) is 11.7. The van der Waals surface area contributed by atoms with Crippen LogP contribution < -0.4 is 10.9 Å². The molecule has 3 atom stereocenters. The van der Waals surface area contributed by atoms with E-state index in [2.05, 4.69) is 20.3 Å². The number of hydrogen-bond acceptors (Lipinski definition) is 7. The van der Waals surface area contributed by atoms with Crippen LogP contribution in [0.5, 0.6) is 0 Å². The molecule has 38 heavy (non-hydrogen) atoms. The summed E-state index contributed by atoms with van der Waals surface area (Å²) in [7, 11) is 0. The number of carbonyl (C=O) groups is 1. The minimum absolute atomic E-state index is 0.0246. The molecule has 1 fully saturated rings. The highest BCUT2D eigenvalue weighted by molar-refractivity contribution is 5.94. The molecule has 4 rings (SSSR count). The van der Waals surface area contributed by atoms with Crippen molar-refractivity contribution in [3.05, 3.63) is 62.6 Å². The van der Waals surface area contributed by atoms with Gasteiger partial charge in [0.25, 0.3) is 11.5 Å². The van der Waals surface area contributed by atoms with Gasteiger partial charge in [0, 0.05) is 19.3 Å². The van der Waals surface area contributed by atoms with E-state index in [1.165, 1.54) is 24.8 Å². The van der Waals surface area contributed by atoms with Crippen LogP contribution >= 0.6 is 0 Å². The summed E-state index contributed by atoms with van der Waals surface area (Å²) in [5, 5.41) is 11.9. The van der Waals surface area contributed by atoms with Gasteiger partial charge in [0.1, 0.15) is 11.9 Å². The molecule has 1 aromatic carbocycles. The number of benzene rings is 1. The number of carbonyl (C=O) groups excluding carboxylic acids is 1. The molecule has 1 aliphatic rings. The fraction of sp³-hybridized carbons (Fsp3) is 0.400. The number of hydrogen-bond donors (Lipinski definition) is 2. The lowest BCUT2D eigenvalue weighted by atomic mass is 9.93. The van der Waals surface area contributed by atoms with Crippen molar-refractivity contribution in [1.29, 1.82) is 5.26 Å². The Labute approximate surface area is 214 Å². The molecule has 1 amide bonds. The third kappa shape index (κ3) is 5.17. The van der Waals surface area contributed by atoms with Crippen molar-refractivity contribution in [2.75, 3.05) is 18.4 Å². The van der Waals surface area contributed by atoms with E-state index in [-0.39, 0.29) is 34.5 Å². The lowest BCUT2D eigenvalue weighted by Gasteiger charge is -2.35. The number of nitrogens with one attached hydrogen (secondary N) is 2. The molecule has 13 heteroatoms. The third-order valence-corrected chi connectivity index (χ3v) is 6.16. The molecule has 0 unspecified atom stereocenters. The van der Waals surface area contributed by atoms with E-state index in [4.69, 9.17) is 4.74 Å². The first-order chi connectivity index (χ1) is 17.8. The standard InChI is InChI=1S/C25H24F4N6O3/c1-11-9-35(10-12(2)38-11)24(37)15-5-19(26)22(31-8-15)32-13(3)16-6-17-21(33-14(4)34-23(17)36)18(7-30)20(16)25(27,28)29/h5-6,8,11-13H,9-10H2,1-4H3,(H,31,32)(H,33,34,36)/t11-,12+,13-/m0/s1. The van der Waals surface area contributed by atoms with E-state index in [0.29, 0.717) is 13.1 Å². The van der Waals surface area contributed by atoms with Crippen LogP contribution in [0, 0.1) is 24.1 Å². The molecular formula is C25H24F4N6O3. The van der Waals surface area contributed by atoms with Crippen molar-refractivity contribution in [3.8, 4) is 6.07 Å². The molecule has 3 heterocycles. The zero-order valence-corrected chi connectivity index (χ0v) is 20.9. The van der Waals surface area contributed by atoms with Gasteiger partial charge >= 0.3 is 6.18 Å². The average molecular weight is 532 g/mol. The maximum absolute atomic E-state index is 15.0. The van der Waals surface area contributed by atoms with E-state index in [9.17, 15) is 32.4 Å². The number of morpholine rings is 1. The Morgan fingerprint density at radius 2 is 1.95 bits per heavy atom. The van der Waals surface area contributed by atoms with E-state index in [1.807, 2.05) is 13.8 Å². The maximum Gasteiger partial charge on any atom is 0.418 e. The van der Waals surface area contributed by atoms with Crippen LogP contribution in [0.3, 0.4) is 0 Å². The Kier molecular flexibility index (Phi) is 7.12. The molecule has 2 N–H and O–H groups in total. The van der Waals surface area contributed by atoms with Crippen molar-refractivity contribution < 1.29 is 27.1 Å². The molecular weight excluding hydrogens is 508 g/mol. The number of aryl methyl sites for hydroxylation is 1. The van der Waals surface area contributed by atoms with E-state index in [1.54, 1.807) is 0 Å². The van der Waals surface area contributed by atoms with Crippen LogP contribution in [0.1, 0.15) is 59.7 Å². The minimum Gasteiger partial charge on any atom is -0.372 e. The first kappa shape index (κ1) is 27.0. The molecule has 0 saturated carbocycles. The molecule has 0 bridgehead atoms. The van der Waals surface area contributed by atoms with Crippen LogP contribution in [-0.4, -0.2) is 51.1 Å². The zero-order valence-electron chi connectivity index (χ0n) is 20.9. The van der Waals surface area contributed by atoms with Crippen molar-refractivity contribution in [1.82, 2.24) is 19.9 Å². The number of aromatic amines is 1. The van der Waals surface area contributed by atoms with Gasteiger partial charge in [0.15, 0.2) is 11.6 Å². The Morgan fingerprint density at radius 1 is 1.29 bits per heavy atom. The van der Waals surface area contributed by atoms with Gasteiger partial charge in [-0.1, -0.05) is 0 Å². The van der Waals surface area contributed by atoms with Gasteiger partial charge in [-0.15, -0.1) is 0 Å². The van der Waals surface area contributed by atoms with Crippen LogP contribution in [-0.2, 0) is 10.9 Å². The quantitative estimate of drug-likeness (QED) is 0.486. The Morgan fingerprint density at radius 3 is 2.53 bits per heavy atom. The van der Waals surface area contributed by atoms with E-state index >= 15 is 0 Å². The number of nitrogens with zero attached hydrogens (tertiary/aromatic N) is 4. The number of pyridine rings is 1. The molecule has 9 nitrogen and oxygen atoms in total. The number of aromatic nitrogens is 3. The lowest BCUT2D eigenvalue weighted by molar-refractivity contribution is -0.138. The number of fused-ring (bicyclic) bond motifs is 1. The van der Waals surface area contributed by atoms with Gasteiger partial charge < -0.3 is 19.9 Å². The number of nitriles is 1. The number of alkyl halides is 3. The monoisotopic (exact) mass is 532 g/mol. The predicted molar refractivity (Wildman–Crippen MR) is 129 cm³/mol. The van der Waals surface area contributed by atoms with Crippen molar-refractivity contribution in [2.24, 2.45) is 0 Å². The summed E-state index contributed by atoms with van der Waals surface area (Å²) in [4.78, 5) is 37.1. The third-order valence-electron chi connectivity index (χ3n) is 6.16. The molecule has 0 aliphatic carbocycles. The van der Waals surface area contributed by atoms with Gasteiger partial charge in [0.2, 0.25) is 0 Å². The first-order valence-electron chi connectivity index (χ1n) is 11.7. The van der Waals surface area contributed by atoms with E-state index in [0.717, 1.165) is 18.3 Å². The van der Waals surface area contributed by atoms with Crippen molar-refractivity contribution >= 4 is 22.6 Å². The van der Waals surface area contributed by atoms with Gasteiger partial charge in [-0.3, -0.25) is 9.59 Å². The molecule has 0 spiro atoms. The topological polar surface area (TPSA) is 124 Å². The van der Waals surface area contributed by atoms with Crippen LogP contribution in [0.4, 0.5) is 23.4 Å². The van der Waals surface area contributed by atoms with Gasteiger partial charge in [-0.05, 0) is 45.4 Å². The number of ether oxygens (including phenoxy) is 1. The second-order valence-electron chi connectivity index (χ2n) is 9.26. The highest BCUT2D eigenvalue weighted by Crippen LogP contribution is 2.40. The molecule has 200 valence electrons. The Bertz CT molecular complexity index is 1500. The maximum atomic E-state index is 15.0. The number of anilines is 1. The summed E-state index contributed by atoms with van der Waals surface area (Å²) >= 11 is 0. The van der Waals surface area contributed by atoms with Crippen LogP contribution in [0.25, 0.3) is 10.9 Å². The minimum atomic E-state index is -4.97. The van der Waals surface area contributed by atoms with Crippen molar-refractivity contribution in [3.63, 3.8) is 0 Å². The fourth-order valence-electron chi connectivity index (χ4n) is 4.64. The second-order valence-corrected chi connectivity index (χ2v) is 9.26. The molecule has 1 aliphatic heterocycles. The number of halogens is 4. The number of amides is 1. The summed E-state index contributed by atoms with van der Waals surface area (Å²) in [6, 6.07) is 2.22. The second kappa shape index (κ2) is 10.0. The molecule has 3 aromatic rings. The Hall–Kier alpha value is -4.05. The smallest absolute Gasteiger partial charge is 0.372 e. The molecule has 2 aromatic heterocycles. The summed E-state index contributed by atoms with van der Waals surface area (Å²) in [5.74, 6) is -1.76. The summed E-state index contributed by atoms with van der Waals surface area (Å²) in [6.07, 6.45) is -4.24. The molecule has 1 saturated heterocycles. The predicted octanol–water partition coefficient (Wildman–Crippen LogP) is 4.08. The number of rotatable bonds is 4. The van der Waals surface area contributed by atoms with Gasteiger partial charge in [0.05, 0.1) is 45.8 Å². The lowest BCUT2D eigenvalue weighted by Crippen LogP contribution is -2.48. The van der Waals surface area contributed by atoms with Crippen molar-refractivity contribution in [2.45, 2.75) is 52.1 Å². The van der Waals surface area contributed by atoms with Gasteiger partial charge in [-0.25, -0.2) is 14.4 Å². The van der Waals surface area contributed by atoms with Gasteiger partial charge in [-0.2, -0.15) is 18.4 Å². The average Bonchev–Trinajstić information content (AvgIpc) is 2.82. The molecule has 0 radical (unpaired) electrons. The zero-order chi connectivity index (χ0) is 27.9. The van der Waals surface area contributed by atoms with Crippen LogP contribution in [0.2, 0.25) is 0 Å². The highest BCUT2D eigenvalue weighted by atomic mass is 19.4. The largest absolute Gasteiger partial charge is 0.418 e. The highest BCUT2D eigenvalue weighted by Gasteiger charge is 2.39.